The standard InChI is InChI=1S/C12H13BrN2O/c1-9(5-12-3-2-4-16-12)15-11-6-10(13)7-14-8-11/h2-4,6-9,15H,5H2,1H3. The normalized spacial score (nSPS) is 12.4. The van der Waals surface area contributed by atoms with E-state index in [1.165, 1.54) is 0 Å². The van der Waals surface area contributed by atoms with Crippen LogP contribution < -0.4 is 5.32 Å². The van der Waals surface area contributed by atoms with Crippen LogP contribution in [0.15, 0.2) is 45.7 Å². The summed E-state index contributed by atoms with van der Waals surface area (Å²) >= 11 is 3.39. The molecule has 0 amide bonds. The molecule has 16 heavy (non-hydrogen) atoms. The Balaban J connectivity index is 1.94. The van der Waals surface area contributed by atoms with Crippen molar-refractivity contribution < 1.29 is 4.42 Å². The van der Waals surface area contributed by atoms with Gasteiger partial charge in [0.15, 0.2) is 0 Å². The minimum atomic E-state index is 0.308. The second-order valence-corrected chi connectivity index (χ2v) is 4.64. The number of aromatic nitrogens is 1. The summed E-state index contributed by atoms with van der Waals surface area (Å²) in [5, 5.41) is 3.37. The van der Waals surface area contributed by atoms with E-state index in [4.69, 9.17) is 4.42 Å². The van der Waals surface area contributed by atoms with E-state index in [2.05, 4.69) is 33.2 Å². The highest BCUT2D eigenvalue weighted by Crippen LogP contribution is 2.15. The van der Waals surface area contributed by atoms with Crippen molar-refractivity contribution in [1.29, 1.82) is 0 Å². The van der Waals surface area contributed by atoms with Crippen LogP contribution in [-0.2, 0) is 6.42 Å². The quantitative estimate of drug-likeness (QED) is 0.932. The third-order valence-electron chi connectivity index (χ3n) is 2.21. The molecule has 0 saturated carbocycles. The predicted octanol–water partition coefficient (Wildman–Crippen LogP) is 3.48. The number of hydrogen-bond acceptors (Lipinski definition) is 3. The zero-order valence-electron chi connectivity index (χ0n) is 8.98. The van der Waals surface area contributed by atoms with E-state index in [0.29, 0.717) is 6.04 Å². The summed E-state index contributed by atoms with van der Waals surface area (Å²) in [5.41, 5.74) is 1.01. The molecule has 2 rings (SSSR count). The Morgan fingerprint density at radius 2 is 2.38 bits per heavy atom. The molecule has 2 aromatic rings. The fourth-order valence-electron chi connectivity index (χ4n) is 1.56. The van der Waals surface area contributed by atoms with Crippen molar-refractivity contribution in [2.45, 2.75) is 19.4 Å². The maximum absolute atomic E-state index is 5.30. The summed E-state index contributed by atoms with van der Waals surface area (Å²) in [6, 6.07) is 6.20. The Kier molecular flexibility index (Phi) is 3.62. The van der Waals surface area contributed by atoms with Gasteiger partial charge in [0.05, 0.1) is 18.1 Å². The molecule has 0 spiro atoms. The van der Waals surface area contributed by atoms with Crippen molar-refractivity contribution in [3.8, 4) is 0 Å². The number of halogens is 1. The average Bonchev–Trinajstić information content (AvgIpc) is 2.70. The first-order valence-electron chi connectivity index (χ1n) is 5.13. The Morgan fingerprint density at radius 3 is 3.06 bits per heavy atom. The van der Waals surface area contributed by atoms with Crippen LogP contribution in [-0.4, -0.2) is 11.0 Å². The van der Waals surface area contributed by atoms with Crippen molar-refractivity contribution in [3.05, 3.63) is 47.1 Å². The van der Waals surface area contributed by atoms with Gasteiger partial charge in [0.1, 0.15) is 5.76 Å². The lowest BCUT2D eigenvalue weighted by Crippen LogP contribution is -2.17. The maximum Gasteiger partial charge on any atom is 0.105 e. The van der Waals surface area contributed by atoms with Crippen LogP contribution in [0.2, 0.25) is 0 Å². The molecule has 84 valence electrons. The number of furan rings is 1. The van der Waals surface area contributed by atoms with Gasteiger partial charge in [0.25, 0.3) is 0 Å². The summed E-state index contributed by atoms with van der Waals surface area (Å²) in [6.45, 7) is 2.11. The molecule has 2 aromatic heterocycles. The summed E-state index contributed by atoms with van der Waals surface area (Å²) in [7, 11) is 0. The van der Waals surface area contributed by atoms with Crippen molar-refractivity contribution in [1.82, 2.24) is 4.98 Å². The highest BCUT2D eigenvalue weighted by atomic mass is 79.9. The average molecular weight is 281 g/mol. The van der Waals surface area contributed by atoms with Gasteiger partial charge in [-0.25, -0.2) is 0 Å². The molecule has 1 N–H and O–H groups in total. The summed E-state index contributed by atoms with van der Waals surface area (Å²) in [6.07, 6.45) is 6.13. The molecule has 0 aliphatic rings. The van der Waals surface area contributed by atoms with Gasteiger partial charge in [0, 0.05) is 23.1 Å². The van der Waals surface area contributed by atoms with Crippen molar-refractivity contribution in [2.75, 3.05) is 5.32 Å². The van der Waals surface area contributed by atoms with Gasteiger partial charge < -0.3 is 9.73 Å². The van der Waals surface area contributed by atoms with Crippen LogP contribution in [0, 0.1) is 0 Å². The van der Waals surface area contributed by atoms with Crippen LogP contribution in [0.4, 0.5) is 5.69 Å². The molecule has 4 heteroatoms. The fourth-order valence-corrected chi connectivity index (χ4v) is 1.92. The number of rotatable bonds is 4. The molecule has 0 saturated heterocycles. The molecule has 3 nitrogen and oxygen atoms in total. The highest BCUT2D eigenvalue weighted by Gasteiger charge is 2.05. The Morgan fingerprint density at radius 1 is 1.50 bits per heavy atom. The van der Waals surface area contributed by atoms with Crippen molar-refractivity contribution >= 4 is 21.6 Å². The second-order valence-electron chi connectivity index (χ2n) is 3.72. The first kappa shape index (κ1) is 11.2. The van der Waals surface area contributed by atoms with E-state index in [1.54, 1.807) is 12.5 Å². The molecular formula is C12H13BrN2O. The van der Waals surface area contributed by atoms with Gasteiger partial charge in [-0.1, -0.05) is 0 Å². The van der Waals surface area contributed by atoms with Gasteiger partial charge in [-0.15, -0.1) is 0 Å². The van der Waals surface area contributed by atoms with E-state index in [0.717, 1.165) is 22.3 Å². The van der Waals surface area contributed by atoms with Crippen molar-refractivity contribution in [2.24, 2.45) is 0 Å². The van der Waals surface area contributed by atoms with E-state index in [1.807, 2.05) is 24.4 Å². The summed E-state index contributed by atoms with van der Waals surface area (Å²) in [5.74, 6) is 0.989. The second kappa shape index (κ2) is 5.16. The number of hydrogen-bond donors (Lipinski definition) is 1. The minimum Gasteiger partial charge on any atom is -0.469 e. The number of pyridine rings is 1. The molecule has 0 aliphatic carbocycles. The Hall–Kier alpha value is -1.29. The molecule has 0 fully saturated rings. The minimum absolute atomic E-state index is 0.308. The van der Waals surface area contributed by atoms with E-state index in [9.17, 15) is 0 Å². The topological polar surface area (TPSA) is 38.1 Å². The predicted molar refractivity (Wildman–Crippen MR) is 67.4 cm³/mol. The smallest absolute Gasteiger partial charge is 0.105 e. The largest absolute Gasteiger partial charge is 0.469 e. The number of nitrogens with one attached hydrogen (secondary N) is 1. The first-order chi connectivity index (χ1) is 7.74. The number of anilines is 1. The molecule has 0 aliphatic heterocycles. The fraction of sp³-hybridized carbons (Fsp3) is 0.250. The maximum atomic E-state index is 5.30. The molecule has 0 bridgehead atoms. The van der Waals surface area contributed by atoms with E-state index < -0.39 is 0 Å². The Labute approximate surface area is 103 Å². The summed E-state index contributed by atoms with van der Waals surface area (Å²) < 4.78 is 6.28. The van der Waals surface area contributed by atoms with E-state index in [-0.39, 0.29) is 0 Å². The third-order valence-corrected chi connectivity index (χ3v) is 2.64. The zero-order chi connectivity index (χ0) is 11.4. The molecule has 2 heterocycles. The lowest BCUT2D eigenvalue weighted by atomic mass is 10.2. The van der Waals surface area contributed by atoms with Crippen LogP contribution in [0.25, 0.3) is 0 Å². The summed E-state index contributed by atoms with van der Waals surface area (Å²) in [4.78, 5) is 4.10. The first-order valence-corrected chi connectivity index (χ1v) is 5.93. The van der Waals surface area contributed by atoms with Crippen molar-refractivity contribution in [3.63, 3.8) is 0 Å². The SMILES string of the molecule is CC(Cc1ccco1)Nc1cncc(Br)c1. The lowest BCUT2D eigenvalue weighted by molar-refractivity contribution is 0.498. The molecule has 0 aromatic carbocycles. The molecular weight excluding hydrogens is 268 g/mol. The van der Waals surface area contributed by atoms with Gasteiger partial charge in [-0.3, -0.25) is 4.98 Å². The van der Waals surface area contributed by atoms with Gasteiger partial charge in [0.2, 0.25) is 0 Å². The van der Waals surface area contributed by atoms with E-state index >= 15 is 0 Å². The molecule has 1 unspecified atom stereocenters. The number of nitrogens with zero attached hydrogens (tertiary/aromatic N) is 1. The lowest BCUT2D eigenvalue weighted by Gasteiger charge is -2.13. The van der Waals surface area contributed by atoms with Gasteiger partial charge in [-0.2, -0.15) is 0 Å². The zero-order valence-corrected chi connectivity index (χ0v) is 10.6. The highest BCUT2D eigenvalue weighted by molar-refractivity contribution is 9.10. The molecule has 0 radical (unpaired) electrons. The van der Waals surface area contributed by atoms with Gasteiger partial charge >= 0.3 is 0 Å². The van der Waals surface area contributed by atoms with Crippen LogP contribution >= 0.6 is 15.9 Å². The van der Waals surface area contributed by atoms with Gasteiger partial charge in [-0.05, 0) is 41.1 Å². The van der Waals surface area contributed by atoms with Crippen LogP contribution in [0.1, 0.15) is 12.7 Å². The Bertz CT molecular complexity index is 442. The van der Waals surface area contributed by atoms with Crippen LogP contribution in [0.5, 0.6) is 0 Å². The monoisotopic (exact) mass is 280 g/mol. The molecule has 1 atom stereocenters. The third kappa shape index (κ3) is 3.10. The van der Waals surface area contributed by atoms with Crippen LogP contribution in [0.3, 0.4) is 0 Å².